The summed E-state index contributed by atoms with van der Waals surface area (Å²) >= 11 is 3.41. The first-order valence-corrected chi connectivity index (χ1v) is 6.61. The van der Waals surface area contributed by atoms with Crippen LogP contribution in [0.5, 0.6) is 0 Å². The molecule has 0 saturated heterocycles. The molecule has 0 aliphatic heterocycles. The monoisotopic (exact) mass is 318 g/mol. The van der Waals surface area contributed by atoms with Crippen LogP contribution in [0.3, 0.4) is 0 Å². The first-order chi connectivity index (χ1) is 9.20. The number of halogens is 1. The fourth-order valence-corrected chi connectivity index (χ4v) is 2.13. The Morgan fingerprint density at radius 3 is 2.74 bits per heavy atom. The van der Waals surface area contributed by atoms with Crippen LogP contribution in [0.2, 0.25) is 0 Å². The van der Waals surface area contributed by atoms with Gasteiger partial charge >= 0.3 is 5.76 Å². The van der Waals surface area contributed by atoms with E-state index in [1.807, 2.05) is 24.3 Å². The molecule has 1 heterocycles. The Morgan fingerprint density at radius 2 is 1.95 bits per heavy atom. The quantitative estimate of drug-likeness (QED) is 0.777. The number of oxazole rings is 1. The predicted octanol–water partition coefficient (Wildman–Crippen LogP) is 3.50. The van der Waals surface area contributed by atoms with E-state index in [1.165, 1.54) is 5.56 Å². The summed E-state index contributed by atoms with van der Waals surface area (Å²) in [4.78, 5) is 13.7. The normalized spacial score (nSPS) is 10.8. The van der Waals surface area contributed by atoms with Crippen LogP contribution >= 0.6 is 15.9 Å². The smallest absolute Gasteiger partial charge is 0.408 e. The Kier molecular flexibility index (Phi) is 3.13. The number of hydrogen-bond acceptors (Lipinski definition) is 3. The van der Waals surface area contributed by atoms with Crippen molar-refractivity contribution in [2.24, 2.45) is 0 Å². The summed E-state index contributed by atoms with van der Waals surface area (Å²) in [7, 11) is 0. The van der Waals surface area contributed by atoms with Crippen molar-refractivity contribution >= 4 is 32.7 Å². The average Bonchev–Trinajstić information content (AvgIpc) is 2.77. The van der Waals surface area contributed by atoms with Crippen molar-refractivity contribution in [1.82, 2.24) is 4.98 Å². The molecule has 0 saturated carbocycles. The van der Waals surface area contributed by atoms with Gasteiger partial charge in [0, 0.05) is 16.7 Å². The van der Waals surface area contributed by atoms with E-state index in [1.54, 1.807) is 6.07 Å². The van der Waals surface area contributed by atoms with Gasteiger partial charge in [-0.1, -0.05) is 28.1 Å². The van der Waals surface area contributed by atoms with Crippen LogP contribution in [0.25, 0.3) is 11.1 Å². The Balaban J connectivity index is 1.77. The second-order valence-electron chi connectivity index (χ2n) is 4.21. The average molecular weight is 319 g/mol. The van der Waals surface area contributed by atoms with Crippen LogP contribution in [0.4, 0.5) is 5.69 Å². The number of fused-ring (bicyclic) bond motifs is 1. The number of nitrogens with one attached hydrogen (secondary N) is 2. The Morgan fingerprint density at radius 1 is 1.16 bits per heavy atom. The summed E-state index contributed by atoms with van der Waals surface area (Å²) in [5.41, 5.74) is 3.39. The van der Waals surface area contributed by atoms with Crippen LogP contribution < -0.4 is 11.1 Å². The van der Waals surface area contributed by atoms with Crippen LogP contribution in [0.1, 0.15) is 5.56 Å². The second kappa shape index (κ2) is 4.93. The van der Waals surface area contributed by atoms with E-state index in [4.69, 9.17) is 4.42 Å². The maximum Gasteiger partial charge on any atom is 0.417 e. The summed E-state index contributed by atoms with van der Waals surface area (Å²) in [6.45, 7) is 0.723. The number of benzene rings is 2. The molecule has 0 atom stereocenters. The van der Waals surface area contributed by atoms with E-state index in [9.17, 15) is 4.79 Å². The van der Waals surface area contributed by atoms with Crippen molar-refractivity contribution in [2.75, 3.05) is 5.32 Å². The molecule has 0 radical (unpaired) electrons. The number of aromatic nitrogens is 1. The van der Waals surface area contributed by atoms with Crippen molar-refractivity contribution in [3.63, 3.8) is 0 Å². The third kappa shape index (κ3) is 2.71. The van der Waals surface area contributed by atoms with E-state index < -0.39 is 5.76 Å². The number of H-pyrrole nitrogens is 1. The van der Waals surface area contributed by atoms with Crippen LogP contribution in [-0.2, 0) is 6.54 Å². The highest BCUT2D eigenvalue weighted by Gasteiger charge is 2.01. The van der Waals surface area contributed by atoms with Gasteiger partial charge in [0.15, 0.2) is 5.58 Å². The molecule has 5 heteroatoms. The highest BCUT2D eigenvalue weighted by Crippen LogP contribution is 2.17. The number of anilines is 1. The maximum absolute atomic E-state index is 11.1. The van der Waals surface area contributed by atoms with E-state index >= 15 is 0 Å². The lowest BCUT2D eigenvalue weighted by atomic mass is 10.2. The standard InChI is InChI=1S/C14H11BrN2O2/c15-10-3-1-9(2-4-10)8-16-11-5-6-13-12(7-11)17-14(18)19-13/h1-7,16H,8H2,(H,17,18). The van der Waals surface area contributed by atoms with Crippen molar-refractivity contribution in [1.29, 1.82) is 0 Å². The van der Waals surface area contributed by atoms with Gasteiger partial charge < -0.3 is 9.73 Å². The molecule has 0 bridgehead atoms. The van der Waals surface area contributed by atoms with E-state index in [2.05, 4.69) is 38.4 Å². The molecule has 0 fully saturated rings. The molecule has 2 aromatic carbocycles. The molecule has 0 aliphatic carbocycles. The minimum atomic E-state index is -0.431. The van der Waals surface area contributed by atoms with Gasteiger partial charge in [-0.3, -0.25) is 4.98 Å². The van der Waals surface area contributed by atoms with Crippen molar-refractivity contribution in [2.45, 2.75) is 6.54 Å². The second-order valence-corrected chi connectivity index (χ2v) is 5.12. The van der Waals surface area contributed by atoms with Gasteiger partial charge in [0.2, 0.25) is 0 Å². The van der Waals surface area contributed by atoms with Gasteiger partial charge in [-0.2, -0.15) is 0 Å². The summed E-state index contributed by atoms with van der Waals surface area (Å²) in [6.07, 6.45) is 0. The Bertz CT molecular complexity index is 759. The lowest BCUT2D eigenvalue weighted by Gasteiger charge is -2.06. The molecule has 4 nitrogen and oxygen atoms in total. The lowest BCUT2D eigenvalue weighted by Crippen LogP contribution is -1.99. The van der Waals surface area contributed by atoms with Gasteiger partial charge in [-0.25, -0.2) is 4.79 Å². The zero-order valence-electron chi connectivity index (χ0n) is 9.94. The van der Waals surface area contributed by atoms with Gasteiger partial charge in [-0.15, -0.1) is 0 Å². The summed E-state index contributed by atoms with van der Waals surface area (Å²) in [6, 6.07) is 13.6. The molecule has 1 aromatic heterocycles. The third-order valence-electron chi connectivity index (χ3n) is 2.83. The van der Waals surface area contributed by atoms with Gasteiger partial charge in [0.05, 0.1) is 5.52 Å². The first kappa shape index (κ1) is 12.0. The van der Waals surface area contributed by atoms with Crippen molar-refractivity contribution in [3.8, 4) is 0 Å². The number of hydrogen-bond donors (Lipinski definition) is 2. The molecule has 96 valence electrons. The minimum absolute atomic E-state index is 0.431. The molecule has 3 aromatic rings. The summed E-state index contributed by atoms with van der Waals surface area (Å²) in [5, 5.41) is 3.30. The zero-order chi connectivity index (χ0) is 13.2. The van der Waals surface area contributed by atoms with Gasteiger partial charge in [0.1, 0.15) is 0 Å². The van der Waals surface area contributed by atoms with Crippen LogP contribution in [-0.4, -0.2) is 4.98 Å². The maximum atomic E-state index is 11.1. The topological polar surface area (TPSA) is 58.0 Å². The zero-order valence-corrected chi connectivity index (χ0v) is 11.5. The SMILES string of the molecule is O=c1[nH]c2cc(NCc3ccc(Br)cc3)ccc2o1. The van der Waals surface area contributed by atoms with Crippen molar-refractivity contribution in [3.05, 3.63) is 63.1 Å². The molecule has 0 spiro atoms. The molecule has 3 rings (SSSR count). The number of aromatic amines is 1. The highest BCUT2D eigenvalue weighted by molar-refractivity contribution is 9.10. The highest BCUT2D eigenvalue weighted by atomic mass is 79.9. The number of rotatable bonds is 3. The first-order valence-electron chi connectivity index (χ1n) is 5.82. The molecular formula is C14H11BrN2O2. The summed E-state index contributed by atoms with van der Waals surface area (Å²) in [5.74, 6) is -0.431. The fourth-order valence-electron chi connectivity index (χ4n) is 1.87. The van der Waals surface area contributed by atoms with Crippen LogP contribution in [0.15, 0.2) is 56.1 Å². The summed E-state index contributed by atoms with van der Waals surface area (Å²) < 4.78 is 6.02. The van der Waals surface area contributed by atoms with Gasteiger partial charge in [0.25, 0.3) is 0 Å². The molecule has 0 aliphatic rings. The molecule has 0 amide bonds. The lowest BCUT2D eigenvalue weighted by molar-refractivity contribution is 0.555. The molecule has 2 N–H and O–H groups in total. The van der Waals surface area contributed by atoms with E-state index in [-0.39, 0.29) is 0 Å². The largest absolute Gasteiger partial charge is 0.417 e. The Hall–Kier alpha value is -2.01. The van der Waals surface area contributed by atoms with Crippen LogP contribution in [0, 0.1) is 0 Å². The van der Waals surface area contributed by atoms with E-state index in [0.717, 1.165) is 16.7 Å². The predicted molar refractivity (Wildman–Crippen MR) is 78.3 cm³/mol. The third-order valence-corrected chi connectivity index (χ3v) is 3.36. The Labute approximate surface area is 117 Å². The molecule has 19 heavy (non-hydrogen) atoms. The molecular weight excluding hydrogens is 308 g/mol. The minimum Gasteiger partial charge on any atom is -0.408 e. The van der Waals surface area contributed by atoms with E-state index in [0.29, 0.717) is 11.1 Å². The van der Waals surface area contributed by atoms with Crippen molar-refractivity contribution < 1.29 is 4.42 Å². The molecule has 0 unspecified atom stereocenters. The van der Waals surface area contributed by atoms with Gasteiger partial charge in [-0.05, 0) is 35.9 Å². The fraction of sp³-hybridized carbons (Fsp3) is 0.0714.